The van der Waals surface area contributed by atoms with Gasteiger partial charge in [-0.25, -0.2) is 0 Å². The van der Waals surface area contributed by atoms with Crippen LogP contribution in [-0.4, -0.2) is 4.98 Å². The Bertz CT molecular complexity index is 344. The molecule has 0 radical (unpaired) electrons. The van der Waals surface area contributed by atoms with Gasteiger partial charge in [0.2, 0.25) is 0 Å². The van der Waals surface area contributed by atoms with Crippen molar-refractivity contribution in [3.05, 3.63) is 36.2 Å². The molecule has 1 aromatic heterocycles. The van der Waals surface area contributed by atoms with Crippen LogP contribution in [0.3, 0.4) is 0 Å². The number of hydrogen-bond donors (Lipinski definition) is 0. The Hall–Kier alpha value is -1.62. The van der Waals surface area contributed by atoms with Crippen LogP contribution in [0.5, 0.6) is 0 Å². The first kappa shape index (κ1) is 10.5. The summed E-state index contributed by atoms with van der Waals surface area (Å²) in [4.78, 5) is 4.14. The molecule has 0 unspecified atom stereocenters. The average Bonchev–Trinajstić information content (AvgIpc) is 2.20. The van der Waals surface area contributed by atoms with Crippen molar-refractivity contribution in [1.82, 2.24) is 4.98 Å². The van der Waals surface area contributed by atoms with Crippen molar-refractivity contribution in [2.75, 3.05) is 0 Å². The average molecular weight is 186 g/mol. The maximum atomic E-state index is 8.93. The quantitative estimate of drug-likeness (QED) is 0.680. The molecule has 72 valence electrons. The molecule has 2 heteroatoms. The number of nitrogens with zero attached hydrogens (tertiary/aromatic N) is 2. The van der Waals surface area contributed by atoms with Crippen LogP contribution >= 0.6 is 0 Å². The lowest BCUT2D eigenvalue weighted by molar-refractivity contribution is 0.664. The third kappa shape index (κ3) is 3.02. The van der Waals surface area contributed by atoms with Gasteiger partial charge in [0.1, 0.15) is 6.07 Å². The van der Waals surface area contributed by atoms with Crippen molar-refractivity contribution in [2.45, 2.75) is 20.3 Å². The molecule has 0 aromatic carbocycles. The molecule has 1 rings (SSSR count). The first-order valence-electron chi connectivity index (χ1n) is 4.75. The molecular formula is C12H14N2. The summed E-state index contributed by atoms with van der Waals surface area (Å²) in [6, 6.07) is 7.77. The Morgan fingerprint density at radius 2 is 2.36 bits per heavy atom. The predicted molar refractivity (Wildman–Crippen MR) is 57.3 cm³/mol. The first-order chi connectivity index (χ1) is 6.74. The predicted octanol–water partition coefficient (Wildman–Crippen LogP) is 3.03. The number of rotatable bonds is 3. The Morgan fingerprint density at radius 1 is 1.57 bits per heavy atom. The minimum atomic E-state index is 0.571. The maximum absolute atomic E-state index is 8.93. The number of hydrogen-bond acceptors (Lipinski definition) is 2. The summed E-state index contributed by atoms with van der Waals surface area (Å²) in [6.45, 7) is 4.26. The van der Waals surface area contributed by atoms with E-state index in [-0.39, 0.29) is 0 Å². The van der Waals surface area contributed by atoms with Crippen molar-refractivity contribution in [2.24, 2.45) is 5.92 Å². The smallest absolute Gasteiger partial charge is 0.101 e. The van der Waals surface area contributed by atoms with Gasteiger partial charge in [-0.1, -0.05) is 26.0 Å². The molecule has 0 aliphatic heterocycles. The fourth-order valence-corrected chi connectivity index (χ4v) is 1.08. The molecule has 0 bridgehead atoms. The van der Waals surface area contributed by atoms with Gasteiger partial charge in [0.25, 0.3) is 0 Å². The largest absolute Gasteiger partial charge is 0.256 e. The molecular weight excluding hydrogens is 172 g/mol. The Balaban J connectivity index is 2.84. The summed E-state index contributed by atoms with van der Waals surface area (Å²) >= 11 is 0. The van der Waals surface area contributed by atoms with E-state index >= 15 is 0 Å². The van der Waals surface area contributed by atoms with Crippen molar-refractivity contribution in [3.8, 4) is 6.07 Å². The summed E-state index contributed by atoms with van der Waals surface area (Å²) in [5.74, 6) is 0.571. The Kier molecular flexibility index (Phi) is 3.87. The van der Waals surface area contributed by atoms with Crippen LogP contribution in [0.15, 0.2) is 30.5 Å². The molecule has 0 atom stereocenters. The maximum Gasteiger partial charge on any atom is 0.101 e. The zero-order chi connectivity index (χ0) is 10.4. The van der Waals surface area contributed by atoms with Crippen LogP contribution in [0, 0.1) is 17.2 Å². The summed E-state index contributed by atoms with van der Waals surface area (Å²) < 4.78 is 0. The van der Waals surface area contributed by atoms with Gasteiger partial charge in [0.05, 0.1) is 11.3 Å². The fraction of sp³-hybridized carbons (Fsp3) is 0.333. The molecule has 0 fully saturated rings. The van der Waals surface area contributed by atoms with Gasteiger partial charge in [-0.3, -0.25) is 4.98 Å². The second-order valence-electron chi connectivity index (χ2n) is 3.57. The van der Waals surface area contributed by atoms with E-state index in [1.165, 1.54) is 0 Å². The SMILES string of the molecule is CC(C)C/C=C(\C#N)c1ccccn1. The Morgan fingerprint density at radius 3 is 2.86 bits per heavy atom. The number of pyridine rings is 1. The molecule has 1 aromatic rings. The second kappa shape index (κ2) is 5.18. The van der Waals surface area contributed by atoms with Gasteiger partial charge in [0, 0.05) is 6.20 Å². The third-order valence-electron chi connectivity index (χ3n) is 1.85. The standard InChI is InChI=1S/C12H14N2/c1-10(2)6-7-11(9-13)12-5-3-4-8-14-12/h3-5,7-8,10H,6H2,1-2H3/b11-7+. The van der Waals surface area contributed by atoms with Crippen LogP contribution in [0.1, 0.15) is 26.0 Å². The van der Waals surface area contributed by atoms with E-state index in [1.807, 2.05) is 24.3 Å². The first-order valence-corrected chi connectivity index (χ1v) is 4.75. The number of allylic oxidation sites excluding steroid dienone is 2. The van der Waals surface area contributed by atoms with Crippen molar-refractivity contribution in [1.29, 1.82) is 5.26 Å². The van der Waals surface area contributed by atoms with Crippen LogP contribution < -0.4 is 0 Å². The molecule has 2 nitrogen and oxygen atoms in total. The van der Waals surface area contributed by atoms with E-state index in [4.69, 9.17) is 5.26 Å². The van der Waals surface area contributed by atoms with Gasteiger partial charge >= 0.3 is 0 Å². The highest BCUT2D eigenvalue weighted by Gasteiger charge is 2.00. The van der Waals surface area contributed by atoms with Crippen LogP contribution in [0.2, 0.25) is 0 Å². The Labute approximate surface area is 84.9 Å². The highest BCUT2D eigenvalue weighted by Crippen LogP contribution is 2.12. The zero-order valence-corrected chi connectivity index (χ0v) is 8.57. The third-order valence-corrected chi connectivity index (χ3v) is 1.85. The van der Waals surface area contributed by atoms with Crippen LogP contribution in [0.4, 0.5) is 0 Å². The topological polar surface area (TPSA) is 36.7 Å². The van der Waals surface area contributed by atoms with Gasteiger partial charge in [-0.15, -0.1) is 0 Å². The molecule has 0 N–H and O–H groups in total. The molecule has 0 spiro atoms. The normalized spacial score (nSPS) is 11.4. The molecule has 0 amide bonds. The van der Waals surface area contributed by atoms with E-state index in [9.17, 15) is 0 Å². The molecule has 0 saturated heterocycles. The van der Waals surface area contributed by atoms with E-state index in [0.29, 0.717) is 11.5 Å². The minimum absolute atomic E-state index is 0.571. The molecule has 0 aliphatic carbocycles. The number of aromatic nitrogens is 1. The fourth-order valence-electron chi connectivity index (χ4n) is 1.08. The highest BCUT2D eigenvalue weighted by atomic mass is 14.7. The summed E-state index contributed by atoms with van der Waals surface area (Å²) in [7, 11) is 0. The lowest BCUT2D eigenvalue weighted by atomic mass is 10.1. The van der Waals surface area contributed by atoms with E-state index in [0.717, 1.165) is 12.1 Å². The van der Waals surface area contributed by atoms with Gasteiger partial charge in [0.15, 0.2) is 0 Å². The van der Waals surface area contributed by atoms with Crippen LogP contribution in [0.25, 0.3) is 5.57 Å². The van der Waals surface area contributed by atoms with E-state index in [1.54, 1.807) is 6.20 Å². The zero-order valence-electron chi connectivity index (χ0n) is 8.57. The molecule has 1 heterocycles. The summed E-state index contributed by atoms with van der Waals surface area (Å²) in [5, 5.41) is 8.93. The van der Waals surface area contributed by atoms with Crippen molar-refractivity contribution >= 4 is 5.57 Å². The molecule has 14 heavy (non-hydrogen) atoms. The highest BCUT2D eigenvalue weighted by molar-refractivity contribution is 5.74. The monoisotopic (exact) mass is 186 g/mol. The molecule has 0 saturated carbocycles. The van der Waals surface area contributed by atoms with E-state index < -0.39 is 0 Å². The lowest BCUT2D eigenvalue weighted by Gasteiger charge is -2.00. The van der Waals surface area contributed by atoms with Gasteiger partial charge < -0.3 is 0 Å². The van der Waals surface area contributed by atoms with Crippen LogP contribution in [-0.2, 0) is 0 Å². The second-order valence-corrected chi connectivity index (χ2v) is 3.57. The lowest BCUT2D eigenvalue weighted by Crippen LogP contribution is -1.88. The summed E-state index contributed by atoms with van der Waals surface area (Å²) in [5.41, 5.74) is 1.43. The summed E-state index contributed by atoms with van der Waals surface area (Å²) in [6.07, 6.45) is 4.57. The van der Waals surface area contributed by atoms with E-state index in [2.05, 4.69) is 24.9 Å². The van der Waals surface area contributed by atoms with Gasteiger partial charge in [-0.05, 0) is 24.5 Å². The van der Waals surface area contributed by atoms with Crippen molar-refractivity contribution in [3.63, 3.8) is 0 Å². The minimum Gasteiger partial charge on any atom is -0.256 e. The molecule has 0 aliphatic rings. The number of nitriles is 1. The van der Waals surface area contributed by atoms with Gasteiger partial charge in [-0.2, -0.15) is 5.26 Å². The van der Waals surface area contributed by atoms with Crippen molar-refractivity contribution < 1.29 is 0 Å².